The summed E-state index contributed by atoms with van der Waals surface area (Å²) in [6, 6.07) is 13.7. The molecule has 8 heteroatoms. The van der Waals surface area contributed by atoms with Crippen LogP contribution in [0, 0.1) is 0 Å². The number of benzene rings is 2. The van der Waals surface area contributed by atoms with Crippen molar-refractivity contribution in [2.24, 2.45) is 0 Å². The Kier molecular flexibility index (Phi) is 13.0. The van der Waals surface area contributed by atoms with E-state index < -0.39 is 23.1 Å². The molecule has 0 heterocycles. The third-order valence-corrected chi connectivity index (χ3v) is 7.38. The summed E-state index contributed by atoms with van der Waals surface area (Å²) in [6.07, 6.45) is 4.99. The van der Waals surface area contributed by atoms with E-state index in [0.29, 0.717) is 55.1 Å². The number of esters is 2. The van der Waals surface area contributed by atoms with E-state index in [1.165, 1.54) is 13.8 Å². The van der Waals surface area contributed by atoms with E-state index in [1.807, 2.05) is 20.8 Å². The highest BCUT2D eigenvalue weighted by Gasteiger charge is 2.36. The molecule has 0 spiro atoms. The van der Waals surface area contributed by atoms with Crippen LogP contribution in [0.5, 0.6) is 11.5 Å². The van der Waals surface area contributed by atoms with Gasteiger partial charge in [0.1, 0.15) is 11.5 Å². The summed E-state index contributed by atoms with van der Waals surface area (Å²) in [6.45, 7) is 11.0. The Morgan fingerprint density at radius 2 is 1.10 bits per heavy atom. The number of hydrogen-bond donors (Lipinski definition) is 0. The summed E-state index contributed by atoms with van der Waals surface area (Å²) >= 11 is 0. The van der Waals surface area contributed by atoms with Crippen LogP contribution >= 0.6 is 0 Å². The van der Waals surface area contributed by atoms with Gasteiger partial charge in [-0.3, -0.25) is 14.4 Å². The fraction of sp³-hybridized carbons (Fsp3) is 0.515. The molecule has 224 valence electrons. The fourth-order valence-electron chi connectivity index (χ4n) is 4.43. The van der Waals surface area contributed by atoms with Gasteiger partial charge in [-0.05, 0) is 107 Å². The summed E-state index contributed by atoms with van der Waals surface area (Å²) < 4.78 is 22.4. The van der Waals surface area contributed by atoms with Gasteiger partial charge >= 0.3 is 11.9 Å². The van der Waals surface area contributed by atoms with Crippen molar-refractivity contribution in [3.8, 4) is 11.5 Å². The van der Waals surface area contributed by atoms with Crippen LogP contribution in [-0.2, 0) is 19.1 Å². The predicted molar refractivity (Wildman–Crippen MR) is 157 cm³/mol. The molecule has 1 unspecified atom stereocenters. The third kappa shape index (κ3) is 9.73. The van der Waals surface area contributed by atoms with E-state index in [0.717, 1.165) is 25.7 Å². The molecule has 1 atom stereocenters. The summed E-state index contributed by atoms with van der Waals surface area (Å²) in [5.41, 5.74) is -1.40. The number of unbranched alkanes of at least 4 members (excludes halogenated alkanes) is 3. The standard InChI is InChI=1S/C33H44O8/c1-7-32(6,40-25(5)35)30(36)26-14-18-28(19-15-26)38-22-12-10-11-13-23-39-29-20-16-27(17-21-29)31(37)41-33(8-2,9-3)24(4)34/h14-21H,7-13,22-23H2,1-6H3. The normalized spacial score (nSPS) is 12.6. The van der Waals surface area contributed by atoms with Crippen LogP contribution in [-0.4, -0.2) is 47.9 Å². The Labute approximate surface area is 243 Å². The number of Topliss-reactive ketones (excluding diaryl/α,β-unsaturated/α-hetero) is 2. The molecule has 0 saturated carbocycles. The number of carbonyl (C=O) groups excluding carboxylic acids is 4. The average Bonchev–Trinajstić information content (AvgIpc) is 2.96. The van der Waals surface area contributed by atoms with Crippen molar-refractivity contribution in [3.63, 3.8) is 0 Å². The predicted octanol–water partition coefficient (Wildman–Crippen LogP) is 6.92. The fourth-order valence-corrected chi connectivity index (χ4v) is 4.43. The zero-order valence-corrected chi connectivity index (χ0v) is 25.2. The van der Waals surface area contributed by atoms with Gasteiger partial charge in [0, 0.05) is 12.5 Å². The van der Waals surface area contributed by atoms with E-state index >= 15 is 0 Å². The number of ketones is 2. The molecule has 0 aliphatic carbocycles. The maximum absolute atomic E-state index is 12.8. The minimum Gasteiger partial charge on any atom is -0.494 e. The molecule has 0 fully saturated rings. The van der Waals surface area contributed by atoms with Gasteiger partial charge in [0.2, 0.25) is 5.78 Å². The Bertz CT molecular complexity index is 1150. The molecular formula is C33H44O8. The van der Waals surface area contributed by atoms with Crippen molar-refractivity contribution in [2.45, 2.75) is 97.7 Å². The zero-order chi connectivity index (χ0) is 30.5. The minimum absolute atomic E-state index is 0.150. The van der Waals surface area contributed by atoms with Gasteiger partial charge < -0.3 is 18.9 Å². The Morgan fingerprint density at radius 1 is 0.634 bits per heavy atom. The first-order valence-electron chi connectivity index (χ1n) is 14.4. The molecule has 0 saturated heterocycles. The molecular weight excluding hydrogens is 524 g/mol. The van der Waals surface area contributed by atoms with E-state index in [1.54, 1.807) is 55.5 Å². The highest BCUT2D eigenvalue weighted by atomic mass is 16.6. The van der Waals surface area contributed by atoms with Gasteiger partial charge in [-0.15, -0.1) is 0 Å². The lowest BCUT2D eigenvalue weighted by molar-refractivity contribution is -0.151. The average molecular weight is 569 g/mol. The van der Waals surface area contributed by atoms with Gasteiger partial charge in [-0.1, -0.05) is 20.8 Å². The maximum Gasteiger partial charge on any atom is 0.339 e. The van der Waals surface area contributed by atoms with Gasteiger partial charge in [-0.25, -0.2) is 4.79 Å². The molecule has 8 nitrogen and oxygen atoms in total. The second-order valence-corrected chi connectivity index (χ2v) is 10.3. The quantitative estimate of drug-likeness (QED) is 0.108. The van der Waals surface area contributed by atoms with Gasteiger partial charge in [-0.2, -0.15) is 0 Å². The van der Waals surface area contributed by atoms with Crippen LogP contribution in [0.2, 0.25) is 0 Å². The highest BCUT2D eigenvalue weighted by molar-refractivity contribution is 6.03. The Hall–Kier alpha value is -3.68. The van der Waals surface area contributed by atoms with Crippen molar-refractivity contribution < 1.29 is 38.1 Å². The second-order valence-electron chi connectivity index (χ2n) is 10.3. The number of rotatable bonds is 18. The van der Waals surface area contributed by atoms with Crippen LogP contribution in [0.1, 0.15) is 107 Å². The maximum atomic E-state index is 12.8. The molecule has 41 heavy (non-hydrogen) atoms. The van der Waals surface area contributed by atoms with Crippen LogP contribution in [0.3, 0.4) is 0 Å². The van der Waals surface area contributed by atoms with E-state index in [9.17, 15) is 19.2 Å². The molecule has 0 aromatic heterocycles. The van der Waals surface area contributed by atoms with Crippen LogP contribution < -0.4 is 9.47 Å². The van der Waals surface area contributed by atoms with Gasteiger partial charge in [0.15, 0.2) is 17.0 Å². The molecule has 0 radical (unpaired) electrons. The van der Waals surface area contributed by atoms with Crippen molar-refractivity contribution in [2.75, 3.05) is 13.2 Å². The largest absolute Gasteiger partial charge is 0.494 e. The zero-order valence-electron chi connectivity index (χ0n) is 25.2. The van der Waals surface area contributed by atoms with Crippen molar-refractivity contribution in [1.82, 2.24) is 0 Å². The van der Waals surface area contributed by atoms with Crippen LogP contribution in [0.25, 0.3) is 0 Å². The summed E-state index contributed by atoms with van der Waals surface area (Å²) in [5.74, 6) is -0.0301. The minimum atomic E-state index is -1.18. The first kappa shape index (κ1) is 33.5. The topological polar surface area (TPSA) is 105 Å². The van der Waals surface area contributed by atoms with Crippen molar-refractivity contribution in [3.05, 3.63) is 59.7 Å². The molecule has 0 N–H and O–H groups in total. The molecule has 0 amide bonds. The molecule has 0 bridgehead atoms. The van der Waals surface area contributed by atoms with Crippen molar-refractivity contribution in [1.29, 1.82) is 0 Å². The molecule has 2 rings (SSSR count). The molecule has 2 aromatic carbocycles. The summed E-state index contributed by atoms with van der Waals surface area (Å²) in [7, 11) is 0. The molecule has 0 aliphatic rings. The lowest BCUT2D eigenvalue weighted by atomic mass is 9.92. The van der Waals surface area contributed by atoms with E-state index in [4.69, 9.17) is 18.9 Å². The Balaban J connectivity index is 1.67. The van der Waals surface area contributed by atoms with Crippen LogP contribution in [0.15, 0.2) is 48.5 Å². The molecule has 0 aliphatic heterocycles. The Morgan fingerprint density at radius 3 is 1.49 bits per heavy atom. The molecule has 2 aromatic rings. The monoisotopic (exact) mass is 568 g/mol. The number of hydrogen-bond acceptors (Lipinski definition) is 8. The lowest BCUT2D eigenvalue weighted by Crippen LogP contribution is -2.40. The van der Waals surface area contributed by atoms with E-state index in [2.05, 4.69) is 0 Å². The van der Waals surface area contributed by atoms with Crippen molar-refractivity contribution >= 4 is 23.5 Å². The highest BCUT2D eigenvalue weighted by Crippen LogP contribution is 2.25. The first-order valence-corrected chi connectivity index (χ1v) is 14.4. The SMILES string of the molecule is CCC(C)(OC(C)=O)C(=O)c1ccc(OCCCCCCOc2ccc(C(=O)OC(CC)(CC)C(C)=O)cc2)cc1. The van der Waals surface area contributed by atoms with Crippen LogP contribution in [0.4, 0.5) is 0 Å². The lowest BCUT2D eigenvalue weighted by Gasteiger charge is -2.28. The summed E-state index contributed by atoms with van der Waals surface area (Å²) in [4.78, 5) is 48.7. The third-order valence-electron chi connectivity index (χ3n) is 7.38. The number of carbonyl (C=O) groups is 4. The summed E-state index contributed by atoms with van der Waals surface area (Å²) in [5, 5.41) is 0. The number of ether oxygens (including phenoxy) is 4. The first-order chi connectivity index (χ1) is 19.5. The van der Waals surface area contributed by atoms with Gasteiger partial charge in [0.05, 0.1) is 18.8 Å². The second kappa shape index (κ2) is 15.9. The van der Waals surface area contributed by atoms with Gasteiger partial charge in [0.25, 0.3) is 0 Å². The smallest absolute Gasteiger partial charge is 0.339 e. The van der Waals surface area contributed by atoms with E-state index in [-0.39, 0.29) is 11.6 Å².